The summed E-state index contributed by atoms with van der Waals surface area (Å²) in [4.78, 5) is 17.7. The van der Waals surface area contributed by atoms with Crippen LogP contribution in [0, 0.1) is 6.92 Å². The Hall–Kier alpha value is -2.64. The van der Waals surface area contributed by atoms with Gasteiger partial charge >= 0.3 is 0 Å². The molecule has 0 spiro atoms. The molecule has 0 radical (unpaired) electrons. The molecule has 1 atom stereocenters. The van der Waals surface area contributed by atoms with E-state index >= 15 is 0 Å². The average molecular weight is 384 g/mol. The van der Waals surface area contributed by atoms with Crippen molar-refractivity contribution in [1.82, 2.24) is 4.57 Å². The second-order valence-corrected chi connectivity index (χ2v) is 7.32. The van der Waals surface area contributed by atoms with Crippen LogP contribution < -0.4 is 14.3 Å². The number of amides is 1. The highest BCUT2D eigenvalue weighted by atomic mass is 32.1. The zero-order valence-corrected chi connectivity index (χ0v) is 16.0. The summed E-state index contributed by atoms with van der Waals surface area (Å²) in [7, 11) is 1.66. The zero-order valence-electron chi connectivity index (χ0n) is 15.2. The van der Waals surface area contributed by atoms with Crippen LogP contribution in [0.2, 0.25) is 0 Å². The number of hydrogen-bond acceptors (Lipinski definition) is 5. The topological polar surface area (TPSA) is 62.1 Å². The maximum absolute atomic E-state index is 12.7. The van der Waals surface area contributed by atoms with Gasteiger partial charge in [0.1, 0.15) is 6.61 Å². The lowest BCUT2D eigenvalue weighted by atomic mass is 10.2. The largest absolute Gasteiger partial charge is 0.485 e. The second-order valence-electron chi connectivity index (χ2n) is 6.31. The highest BCUT2D eigenvalue weighted by Gasteiger charge is 2.27. The van der Waals surface area contributed by atoms with Crippen LogP contribution in [-0.2, 0) is 16.1 Å². The Balaban J connectivity index is 1.68. The molecule has 0 bridgehead atoms. The van der Waals surface area contributed by atoms with Crippen molar-refractivity contribution in [1.29, 1.82) is 0 Å². The molecule has 1 aliphatic heterocycles. The molecule has 27 heavy (non-hydrogen) atoms. The summed E-state index contributed by atoms with van der Waals surface area (Å²) in [5.74, 6) is 0.865. The molecule has 4 rings (SSSR count). The third-order valence-corrected chi connectivity index (χ3v) is 5.39. The van der Waals surface area contributed by atoms with E-state index in [4.69, 9.17) is 14.2 Å². The SMILES string of the molecule is COCCn1c(=NC(=O)[C@H]2COc3ccccc3O2)sc2cc(C)ccc21. The van der Waals surface area contributed by atoms with Gasteiger partial charge in [-0.15, -0.1) is 0 Å². The first-order valence-electron chi connectivity index (χ1n) is 8.71. The Morgan fingerprint density at radius 1 is 1.30 bits per heavy atom. The monoisotopic (exact) mass is 384 g/mol. The number of benzene rings is 2. The van der Waals surface area contributed by atoms with Crippen molar-refractivity contribution in [2.75, 3.05) is 20.3 Å². The number of hydrogen-bond donors (Lipinski definition) is 0. The summed E-state index contributed by atoms with van der Waals surface area (Å²) in [6.07, 6.45) is -0.747. The fraction of sp³-hybridized carbons (Fsp3) is 0.300. The number of nitrogens with zero attached hydrogens (tertiary/aromatic N) is 2. The third-order valence-electron chi connectivity index (χ3n) is 4.35. The Morgan fingerprint density at radius 3 is 2.93 bits per heavy atom. The van der Waals surface area contributed by atoms with E-state index in [0.29, 0.717) is 29.5 Å². The summed E-state index contributed by atoms with van der Waals surface area (Å²) in [5.41, 5.74) is 2.21. The molecule has 140 valence electrons. The van der Waals surface area contributed by atoms with Crippen molar-refractivity contribution in [3.05, 3.63) is 52.8 Å². The van der Waals surface area contributed by atoms with Crippen LogP contribution in [0.3, 0.4) is 0 Å². The number of para-hydroxylation sites is 2. The van der Waals surface area contributed by atoms with Gasteiger partial charge in [-0.05, 0) is 36.8 Å². The third kappa shape index (κ3) is 3.61. The van der Waals surface area contributed by atoms with Crippen LogP contribution in [0.5, 0.6) is 11.5 Å². The molecule has 1 amide bonds. The van der Waals surface area contributed by atoms with E-state index in [1.807, 2.05) is 29.7 Å². The molecule has 6 nitrogen and oxygen atoms in total. The van der Waals surface area contributed by atoms with Gasteiger partial charge in [0.25, 0.3) is 5.91 Å². The Kier molecular flexibility index (Phi) is 4.96. The second kappa shape index (κ2) is 7.54. The van der Waals surface area contributed by atoms with E-state index in [-0.39, 0.29) is 12.5 Å². The van der Waals surface area contributed by atoms with E-state index < -0.39 is 6.10 Å². The van der Waals surface area contributed by atoms with Crippen molar-refractivity contribution < 1.29 is 19.0 Å². The molecule has 1 aromatic heterocycles. The molecule has 0 aliphatic carbocycles. The molecule has 0 fully saturated rings. The summed E-state index contributed by atoms with van der Waals surface area (Å²) >= 11 is 1.49. The molecule has 2 aromatic carbocycles. The number of ether oxygens (including phenoxy) is 3. The van der Waals surface area contributed by atoms with Gasteiger partial charge in [-0.1, -0.05) is 29.5 Å². The first kappa shape index (κ1) is 17.8. The molecule has 0 saturated carbocycles. The molecule has 2 heterocycles. The van der Waals surface area contributed by atoms with Crippen molar-refractivity contribution >= 4 is 27.5 Å². The van der Waals surface area contributed by atoms with Crippen LogP contribution >= 0.6 is 11.3 Å². The summed E-state index contributed by atoms with van der Waals surface area (Å²) < 4.78 is 19.7. The van der Waals surface area contributed by atoms with Crippen LogP contribution in [0.4, 0.5) is 0 Å². The molecule has 0 saturated heterocycles. The lowest BCUT2D eigenvalue weighted by Gasteiger charge is -2.23. The number of fused-ring (bicyclic) bond motifs is 2. The standard InChI is InChI=1S/C20H20N2O4S/c1-13-7-8-14-18(11-13)27-20(22(14)9-10-24-2)21-19(23)17-12-25-15-5-3-4-6-16(15)26-17/h3-8,11,17H,9-10,12H2,1-2H3/t17-/m1/s1. The number of thiazole rings is 1. The Labute approximate surface area is 160 Å². The highest BCUT2D eigenvalue weighted by Crippen LogP contribution is 2.31. The van der Waals surface area contributed by atoms with Crippen LogP contribution in [0.25, 0.3) is 10.2 Å². The smallest absolute Gasteiger partial charge is 0.292 e. The fourth-order valence-electron chi connectivity index (χ4n) is 2.97. The number of rotatable bonds is 4. The summed E-state index contributed by atoms with van der Waals surface area (Å²) in [5, 5.41) is 0. The minimum Gasteiger partial charge on any atom is -0.485 e. The minimum absolute atomic E-state index is 0.154. The van der Waals surface area contributed by atoms with Gasteiger partial charge in [-0.2, -0.15) is 4.99 Å². The maximum atomic E-state index is 12.7. The first-order chi connectivity index (χ1) is 13.2. The quantitative estimate of drug-likeness (QED) is 0.694. The predicted octanol–water partition coefficient (Wildman–Crippen LogP) is 2.92. The van der Waals surface area contributed by atoms with Crippen LogP contribution in [0.15, 0.2) is 47.5 Å². The Morgan fingerprint density at radius 2 is 2.11 bits per heavy atom. The van der Waals surface area contributed by atoms with Gasteiger partial charge in [-0.25, -0.2) is 0 Å². The molecular formula is C20H20N2O4S. The van der Waals surface area contributed by atoms with E-state index in [1.54, 1.807) is 13.2 Å². The summed E-state index contributed by atoms with van der Waals surface area (Å²) in [6, 6.07) is 13.5. The zero-order chi connectivity index (χ0) is 18.8. The lowest BCUT2D eigenvalue weighted by molar-refractivity contribution is -0.127. The normalized spacial score (nSPS) is 16.7. The van der Waals surface area contributed by atoms with Gasteiger partial charge in [0.05, 0.1) is 16.8 Å². The molecule has 0 unspecified atom stereocenters. The first-order valence-corrected chi connectivity index (χ1v) is 9.53. The van der Waals surface area contributed by atoms with Crippen molar-refractivity contribution in [2.24, 2.45) is 4.99 Å². The minimum atomic E-state index is -0.747. The van der Waals surface area contributed by atoms with E-state index in [9.17, 15) is 4.79 Å². The number of carbonyl (C=O) groups is 1. The van der Waals surface area contributed by atoms with E-state index in [1.165, 1.54) is 16.9 Å². The maximum Gasteiger partial charge on any atom is 0.292 e. The van der Waals surface area contributed by atoms with Crippen LogP contribution in [0.1, 0.15) is 5.56 Å². The molecule has 3 aromatic rings. The number of aryl methyl sites for hydroxylation is 1. The number of carbonyl (C=O) groups excluding carboxylic acids is 1. The van der Waals surface area contributed by atoms with Crippen LogP contribution in [-0.4, -0.2) is 36.9 Å². The van der Waals surface area contributed by atoms with Gasteiger partial charge < -0.3 is 18.8 Å². The van der Waals surface area contributed by atoms with E-state index in [2.05, 4.69) is 23.2 Å². The van der Waals surface area contributed by atoms with Crippen molar-refractivity contribution in [3.63, 3.8) is 0 Å². The number of aromatic nitrogens is 1. The van der Waals surface area contributed by atoms with Crippen molar-refractivity contribution in [3.8, 4) is 11.5 Å². The molecule has 7 heteroatoms. The number of methoxy groups -OCH3 is 1. The predicted molar refractivity (Wildman–Crippen MR) is 103 cm³/mol. The fourth-order valence-corrected chi connectivity index (χ4v) is 4.13. The summed E-state index contributed by atoms with van der Waals surface area (Å²) in [6.45, 7) is 3.36. The molecule has 1 aliphatic rings. The van der Waals surface area contributed by atoms with E-state index in [0.717, 1.165) is 10.2 Å². The van der Waals surface area contributed by atoms with Gasteiger partial charge in [0.2, 0.25) is 6.10 Å². The Bertz CT molecular complexity index is 1050. The van der Waals surface area contributed by atoms with Crippen molar-refractivity contribution in [2.45, 2.75) is 19.6 Å². The lowest BCUT2D eigenvalue weighted by Crippen LogP contribution is -2.37. The molecule has 0 N–H and O–H groups in total. The highest BCUT2D eigenvalue weighted by molar-refractivity contribution is 7.16. The average Bonchev–Trinajstić information content (AvgIpc) is 3.01. The van der Waals surface area contributed by atoms with Gasteiger partial charge in [-0.3, -0.25) is 4.79 Å². The van der Waals surface area contributed by atoms with Gasteiger partial charge in [0.15, 0.2) is 16.3 Å². The van der Waals surface area contributed by atoms with Gasteiger partial charge in [0, 0.05) is 13.7 Å². The molecular weight excluding hydrogens is 364 g/mol.